The Balaban J connectivity index is 2.53. The van der Waals surface area contributed by atoms with E-state index in [1.165, 1.54) is 11.1 Å². The number of nitrogens with zero attached hydrogens (tertiary/aromatic N) is 1. The van der Waals surface area contributed by atoms with Gasteiger partial charge in [-0.15, -0.1) is 11.6 Å². The normalized spacial score (nSPS) is 10.6. The van der Waals surface area contributed by atoms with Gasteiger partial charge in [0.25, 0.3) is 0 Å². The van der Waals surface area contributed by atoms with Crippen molar-refractivity contribution in [1.29, 1.82) is 0 Å². The number of halogens is 1. The van der Waals surface area contributed by atoms with Crippen LogP contribution in [0.25, 0.3) is 0 Å². The summed E-state index contributed by atoms with van der Waals surface area (Å²) in [6.45, 7) is 2.93. The standard InChI is InChI=1S/C12H18ClNO/c1-10-11(5-3-4-8-15-2)6-7-14-12(10)9-13/h6-7H,3-5,8-9H2,1-2H3. The van der Waals surface area contributed by atoms with E-state index in [2.05, 4.69) is 18.0 Å². The van der Waals surface area contributed by atoms with Gasteiger partial charge in [-0.3, -0.25) is 4.98 Å². The summed E-state index contributed by atoms with van der Waals surface area (Å²) in [6, 6.07) is 2.08. The second-order valence-electron chi connectivity index (χ2n) is 3.63. The lowest BCUT2D eigenvalue weighted by Crippen LogP contribution is -1.98. The highest BCUT2D eigenvalue weighted by Gasteiger charge is 2.03. The van der Waals surface area contributed by atoms with Crippen LogP contribution in [0.3, 0.4) is 0 Å². The van der Waals surface area contributed by atoms with Crippen molar-refractivity contribution in [1.82, 2.24) is 4.98 Å². The molecule has 0 N–H and O–H groups in total. The van der Waals surface area contributed by atoms with Crippen LogP contribution in [0.5, 0.6) is 0 Å². The van der Waals surface area contributed by atoms with E-state index in [1.54, 1.807) is 7.11 Å². The minimum atomic E-state index is 0.498. The Morgan fingerprint density at radius 2 is 2.20 bits per heavy atom. The van der Waals surface area contributed by atoms with Crippen LogP contribution in [0, 0.1) is 6.92 Å². The topological polar surface area (TPSA) is 22.1 Å². The first-order valence-electron chi connectivity index (χ1n) is 5.28. The molecule has 0 atom stereocenters. The first-order chi connectivity index (χ1) is 7.29. The summed E-state index contributed by atoms with van der Waals surface area (Å²) in [5, 5.41) is 0. The van der Waals surface area contributed by atoms with Crippen molar-refractivity contribution in [3.63, 3.8) is 0 Å². The maximum absolute atomic E-state index is 5.81. The molecular formula is C12H18ClNO. The number of aromatic nitrogens is 1. The zero-order valence-corrected chi connectivity index (χ0v) is 10.2. The molecule has 0 aliphatic heterocycles. The molecule has 0 bridgehead atoms. The molecule has 3 heteroatoms. The second kappa shape index (κ2) is 6.81. The Morgan fingerprint density at radius 3 is 2.87 bits per heavy atom. The Morgan fingerprint density at radius 1 is 1.40 bits per heavy atom. The molecule has 0 saturated carbocycles. The van der Waals surface area contributed by atoms with Crippen molar-refractivity contribution in [2.24, 2.45) is 0 Å². The molecule has 1 heterocycles. The number of aryl methyl sites for hydroxylation is 1. The predicted molar refractivity (Wildman–Crippen MR) is 63.3 cm³/mol. The molecule has 0 fully saturated rings. The molecule has 1 aromatic rings. The van der Waals surface area contributed by atoms with Gasteiger partial charge in [-0.1, -0.05) is 0 Å². The molecule has 1 aromatic heterocycles. The van der Waals surface area contributed by atoms with Gasteiger partial charge in [0.1, 0.15) is 0 Å². The maximum atomic E-state index is 5.81. The number of alkyl halides is 1. The SMILES string of the molecule is COCCCCc1ccnc(CCl)c1C. The van der Waals surface area contributed by atoms with Crippen LogP contribution in [0.15, 0.2) is 12.3 Å². The molecule has 0 aliphatic carbocycles. The summed E-state index contributed by atoms with van der Waals surface area (Å²) < 4.78 is 5.02. The highest BCUT2D eigenvalue weighted by molar-refractivity contribution is 6.17. The second-order valence-corrected chi connectivity index (χ2v) is 3.89. The van der Waals surface area contributed by atoms with Crippen LogP contribution in [0.4, 0.5) is 0 Å². The predicted octanol–water partition coefficient (Wildman–Crippen LogP) is 3.10. The van der Waals surface area contributed by atoms with Gasteiger partial charge in [-0.2, -0.15) is 0 Å². The van der Waals surface area contributed by atoms with Gasteiger partial charge < -0.3 is 4.74 Å². The fourth-order valence-corrected chi connectivity index (χ4v) is 1.86. The summed E-state index contributed by atoms with van der Waals surface area (Å²) in [5.41, 5.74) is 3.60. The van der Waals surface area contributed by atoms with E-state index in [0.29, 0.717) is 5.88 Å². The zero-order valence-electron chi connectivity index (χ0n) is 9.42. The fraction of sp³-hybridized carbons (Fsp3) is 0.583. The lowest BCUT2D eigenvalue weighted by Gasteiger charge is -2.08. The molecule has 0 aromatic carbocycles. The van der Waals surface area contributed by atoms with E-state index >= 15 is 0 Å². The third kappa shape index (κ3) is 3.80. The highest BCUT2D eigenvalue weighted by atomic mass is 35.5. The van der Waals surface area contributed by atoms with Gasteiger partial charge in [0.15, 0.2) is 0 Å². The van der Waals surface area contributed by atoms with Crippen LogP contribution in [-0.4, -0.2) is 18.7 Å². The number of rotatable bonds is 6. The molecule has 0 aliphatic rings. The van der Waals surface area contributed by atoms with Crippen molar-refractivity contribution < 1.29 is 4.74 Å². The van der Waals surface area contributed by atoms with Crippen molar-refractivity contribution in [3.8, 4) is 0 Å². The van der Waals surface area contributed by atoms with Gasteiger partial charge >= 0.3 is 0 Å². The summed E-state index contributed by atoms with van der Waals surface area (Å²) in [5.74, 6) is 0.498. The quantitative estimate of drug-likeness (QED) is 0.551. The number of methoxy groups -OCH3 is 1. The first-order valence-corrected chi connectivity index (χ1v) is 5.81. The molecule has 0 unspecified atom stereocenters. The minimum absolute atomic E-state index is 0.498. The molecule has 15 heavy (non-hydrogen) atoms. The minimum Gasteiger partial charge on any atom is -0.385 e. The Kier molecular flexibility index (Phi) is 5.66. The van der Waals surface area contributed by atoms with Crippen molar-refractivity contribution in [3.05, 3.63) is 29.1 Å². The van der Waals surface area contributed by atoms with Gasteiger partial charge in [0, 0.05) is 19.9 Å². The summed E-state index contributed by atoms with van der Waals surface area (Å²) >= 11 is 5.81. The van der Waals surface area contributed by atoms with Gasteiger partial charge in [-0.05, 0) is 43.4 Å². The van der Waals surface area contributed by atoms with Crippen LogP contribution >= 0.6 is 11.6 Å². The Hall–Kier alpha value is -0.600. The van der Waals surface area contributed by atoms with Crippen molar-refractivity contribution >= 4 is 11.6 Å². The average Bonchev–Trinajstić information content (AvgIpc) is 2.26. The highest BCUT2D eigenvalue weighted by Crippen LogP contribution is 2.15. The smallest absolute Gasteiger partial charge is 0.0650 e. The van der Waals surface area contributed by atoms with E-state index in [1.807, 2.05) is 6.20 Å². The first kappa shape index (κ1) is 12.5. The molecular weight excluding hydrogens is 210 g/mol. The third-order valence-corrected chi connectivity index (χ3v) is 2.84. The molecule has 0 radical (unpaired) electrons. The number of hydrogen-bond donors (Lipinski definition) is 0. The monoisotopic (exact) mass is 227 g/mol. The fourth-order valence-electron chi connectivity index (χ4n) is 1.59. The van der Waals surface area contributed by atoms with E-state index in [4.69, 9.17) is 16.3 Å². The summed E-state index contributed by atoms with van der Waals surface area (Å²) in [4.78, 5) is 4.25. The summed E-state index contributed by atoms with van der Waals surface area (Å²) in [7, 11) is 1.74. The van der Waals surface area contributed by atoms with E-state index in [0.717, 1.165) is 31.6 Å². The van der Waals surface area contributed by atoms with Crippen LogP contribution in [0.1, 0.15) is 29.7 Å². The number of pyridine rings is 1. The number of ether oxygens (including phenoxy) is 1. The lowest BCUT2D eigenvalue weighted by molar-refractivity contribution is 0.193. The van der Waals surface area contributed by atoms with E-state index in [-0.39, 0.29) is 0 Å². The van der Waals surface area contributed by atoms with Gasteiger partial charge in [0.2, 0.25) is 0 Å². The van der Waals surface area contributed by atoms with Crippen molar-refractivity contribution in [2.45, 2.75) is 32.1 Å². The molecule has 84 valence electrons. The van der Waals surface area contributed by atoms with Gasteiger partial charge in [-0.25, -0.2) is 0 Å². The molecule has 0 saturated heterocycles. The van der Waals surface area contributed by atoms with Crippen LogP contribution < -0.4 is 0 Å². The largest absolute Gasteiger partial charge is 0.385 e. The molecule has 2 nitrogen and oxygen atoms in total. The molecule has 0 amide bonds. The van der Waals surface area contributed by atoms with Gasteiger partial charge in [0.05, 0.1) is 11.6 Å². The maximum Gasteiger partial charge on any atom is 0.0650 e. The average molecular weight is 228 g/mol. The zero-order chi connectivity index (χ0) is 11.1. The van der Waals surface area contributed by atoms with E-state index in [9.17, 15) is 0 Å². The Labute approximate surface area is 96.6 Å². The third-order valence-electron chi connectivity index (χ3n) is 2.59. The van der Waals surface area contributed by atoms with Crippen LogP contribution in [0.2, 0.25) is 0 Å². The number of unbranched alkanes of at least 4 members (excludes halogenated alkanes) is 1. The summed E-state index contributed by atoms with van der Waals surface area (Å²) in [6.07, 6.45) is 5.19. The van der Waals surface area contributed by atoms with Crippen molar-refractivity contribution in [2.75, 3.05) is 13.7 Å². The molecule has 0 spiro atoms. The van der Waals surface area contributed by atoms with E-state index < -0.39 is 0 Å². The Bertz CT molecular complexity index is 302. The lowest BCUT2D eigenvalue weighted by atomic mass is 10.0. The molecule has 1 rings (SSSR count). The number of hydrogen-bond acceptors (Lipinski definition) is 2. The van der Waals surface area contributed by atoms with Crippen LogP contribution in [-0.2, 0) is 17.0 Å².